The van der Waals surface area contributed by atoms with Crippen LogP contribution in [0.25, 0.3) is 22.3 Å². The molecule has 10 rings (SSSR count). The molecule has 4 N–H and O–H groups in total. The number of ketones is 2. The molecule has 0 aliphatic carbocycles. The Morgan fingerprint density at radius 2 is 1.05 bits per heavy atom. The molecular formula is C57H66N12O8. The highest BCUT2D eigenvalue weighted by atomic mass is 16.6. The molecule has 1 amide bonds. The molecule has 402 valence electrons. The number of nitrogens with two attached hydrogens (primary N) is 1. The number of rotatable bonds is 13. The lowest BCUT2D eigenvalue weighted by Gasteiger charge is -2.27. The van der Waals surface area contributed by atoms with Gasteiger partial charge in [0.2, 0.25) is 0 Å². The minimum absolute atomic E-state index is 0.0502. The van der Waals surface area contributed by atoms with Gasteiger partial charge in [-0.3, -0.25) is 14.9 Å². The molecule has 2 aromatic carbocycles. The van der Waals surface area contributed by atoms with Crippen molar-refractivity contribution in [3.63, 3.8) is 0 Å². The van der Waals surface area contributed by atoms with E-state index in [4.69, 9.17) is 19.3 Å². The molecule has 3 fully saturated rings. The van der Waals surface area contributed by atoms with Crippen molar-refractivity contribution in [3.8, 4) is 22.3 Å². The van der Waals surface area contributed by atoms with Crippen LogP contribution in [0.1, 0.15) is 102 Å². The largest absolute Gasteiger partial charge is 0.472 e. The van der Waals surface area contributed by atoms with Gasteiger partial charge in [-0.1, -0.05) is 12.1 Å². The van der Waals surface area contributed by atoms with Crippen LogP contribution in [-0.4, -0.2) is 119 Å². The van der Waals surface area contributed by atoms with E-state index in [0.29, 0.717) is 22.6 Å². The fraction of sp³-hybridized carbons (Fsp3) is 0.368. The smallest absolute Gasteiger partial charge is 0.412 e. The summed E-state index contributed by atoms with van der Waals surface area (Å²) in [5, 5.41) is 6.07. The fourth-order valence-electron chi connectivity index (χ4n) is 8.87. The van der Waals surface area contributed by atoms with Crippen LogP contribution in [0.3, 0.4) is 0 Å². The molecule has 0 bridgehead atoms. The number of nitrogen functional groups attached to an aromatic ring is 1. The number of nitrogens with one attached hydrogen (secondary N) is 2. The predicted octanol–water partition coefficient (Wildman–Crippen LogP) is 8.91. The zero-order valence-electron chi connectivity index (χ0n) is 44.1. The number of aromatic nitrogens is 6. The first-order chi connectivity index (χ1) is 37.3. The predicted molar refractivity (Wildman–Crippen MR) is 293 cm³/mol. The number of benzene rings is 2. The number of furan rings is 2. The summed E-state index contributed by atoms with van der Waals surface area (Å²) in [4.78, 5) is 81.7. The summed E-state index contributed by atoms with van der Waals surface area (Å²) in [6.45, 7) is 13.0. The van der Waals surface area contributed by atoms with E-state index in [2.05, 4.69) is 60.0 Å². The topological polar surface area (TPSA) is 250 Å². The summed E-state index contributed by atoms with van der Waals surface area (Å²) in [7, 11) is 1.34. The molecule has 3 aliphatic rings. The lowest BCUT2D eigenvalue weighted by molar-refractivity contribution is 0.0591. The van der Waals surface area contributed by atoms with Crippen LogP contribution >= 0.6 is 0 Å². The van der Waals surface area contributed by atoms with Gasteiger partial charge in [0.1, 0.15) is 34.4 Å². The molecule has 7 aromatic rings. The maximum atomic E-state index is 13.1. The Morgan fingerprint density at radius 1 is 0.584 bits per heavy atom. The van der Waals surface area contributed by atoms with Crippen molar-refractivity contribution in [3.05, 3.63) is 139 Å². The lowest BCUT2D eigenvalue weighted by atomic mass is 9.99. The van der Waals surface area contributed by atoms with Crippen molar-refractivity contribution in [1.82, 2.24) is 35.2 Å². The van der Waals surface area contributed by atoms with Crippen molar-refractivity contribution >= 4 is 52.5 Å². The summed E-state index contributed by atoms with van der Waals surface area (Å²) in [6, 6.07) is 14.8. The van der Waals surface area contributed by atoms with Crippen LogP contribution in [-0.2, 0) is 22.3 Å². The Morgan fingerprint density at radius 3 is 1.51 bits per heavy atom. The molecule has 8 heterocycles. The van der Waals surface area contributed by atoms with Gasteiger partial charge in [0.05, 0.1) is 69.3 Å². The van der Waals surface area contributed by atoms with Crippen molar-refractivity contribution < 1.29 is 37.5 Å². The number of anilines is 5. The van der Waals surface area contributed by atoms with Gasteiger partial charge >= 0.3 is 12.1 Å². The van der Waals surface area contributed by atoms with E-state index in [0.717, 1.165) is 110 Å². The number of amides is 1. The molecule has 0 spiro atoms. The second-order valence-electron chi connectivity index (χ2n) is 19.7. The van der Waals surface area contributed by atoms with Crippen molar-refractivity contribution in [2.75, 3.05) is 85.2 Å². The first kappa shape index (κ1) is 54.7. The quantitative estimate of drug-likeness (QED) is 0.0554. The van der Waals surface area contributed by atoms with Gasteiger partial charge in [-0.05, 0) is 118 Å². The average Bonchev–Trinajstić information content (AvgIpc) is 4.22. The molecule has 0 unspecified atom stereocenters. The number of nitrogens with zero attached hydrogens (tertiary/aromatic N) is 9. The number of esters is 1. The number of carbonyl (C=O) groups is 4. The van der Waals surface area contributed by atoms with E-state index in [1.807, 2.05) is 42.5 Å². The van der Waals surface area contributed by atoms with E-state index in [9.17, 15) is 19.2 Å². The second-order valence-corrected chi connectivity index (χ2v) is 19.7. The molecule has 77 heavy (non-hydrogen) atoms. The van der Waals surface area contributed by atoms with Crippen molar-refractivity contribution in [2.45, 2.75) is 77.7 Å². The molecule has 3 saturated heterocycles. The Kier molecular flexibility index (Phi) is 18.7. The third-order valence-corrected chi connectivity index (χ3v) is 13.0. The molecule has 0 atom stereocenters. The zero-order chi connectivity index (χ0) is 54.2. The minimum atomic E-state index is -0.636. The Bertz CT molecular complexity index is 3020. The second kappa shape index (κ2) is 26.3. The summed E-state index contributed by atoms with van der Waals surface area (Å²) < 4.78 is 20.3. The van der Waals surface area contributed by atoms with E-state index < -0.39 is 17.7 Å². The normalized spacial score (nSPS) is 14.5. The molecule has 5 aromatic heterocycles. The molecule has 3 aliphatic heterocycles. The van der Waals surface area contributed by atoms with Gasteiger partial charge in [0.25, 0.3) is 0 Å². The standard InChI is InChI=1S/C26H30N4O4.C20H21N5O2.C11H15N3O2/c1-26(2,3)34-25(32)29-21-8-7-18(19-9-12-33-17-19)13-20(21)14-23(31)22-15-28-24(16-27-22)30-10-5-4-6-11-30;21-17-2-1-14(15-3-8-27-13-15)9-16(17)10-19(26)18-11-24-20(12-23-18)25-6-4-22-5-7-25;1-16-11(15)9-7-13-10(8-12-9)14-5-3-2-4-6-14/h7-9,12-13,15-17H,4-6,10-11,14H2,1-3H3,(H,29,32);1-3,8-9,11-13,22H,4-7,10,21H2;7-8H,2-6H2,1H3. The van der Waals surface area contributed by atoms with Crippen LogP contribution < -0.4 is 31.1 Å². The SMILES string of the molecule is CC(C)(C)OC(=O)Nc1ccc(-c2ccoc2)cc1CC(=O)c1cnc(N2CCCCC2)cn1.COC(=O)c1cnc(N2CCCCC2)cn1.Nc1ccc(-c2ccoc2)cc1CC(=O)c1cnc(N2CCNCC2)cn1. The van der Waals surface area contributed by atoms with E-state index in [1.165, 1.54) is 45.2 Å². The van der Waals surface area contributed by atoms with Gasteiger partial charge in [-0.2, -0.15) is 0 Å². The molecule has 20 heteroatoms. The number of piperazine rings is 1. The van der Waals surface area contributed by atoms with Gasteiger partial charge < -0.3 is 44.1 Å². The van der Waals surface area contributed by atoms with E-state index >= 15 is 0 Å². The van der Waals surface area contributed by atoms with Crippen LogP contribution in [0.5, 0.6) is 0 Å². The highest BCUT2D eigenvalue weighted by Gasteiger charge is 2.22. The number of ether oxygens (including phenoxy) is 2. The average molecular weight is 1050 g/mol. The Labute approximate surface area is 447 Å². The Hall–Kier alpha value is -8.52. The van der Waals surface area contributed by atoms with Gasteiger partial charge in [0.15, 0.2) is 17.3 Å². The van der Waals surface area contributed by atoms with Gasteiger partial charge in [-0.15, -0.1) is 0 Å². The summed E-state index contributed by atoms with van der Waals surface area (Å²) >= 11 is 0. The summed E-state index contributed by atoms with van der Waals surface area (Å²) in [5.74, 6) is 1.70. The highest BCUT2D eigenvalue weighted by molar-refractivity contribution is 5.98. The van der Waals surface area contributed by atoms with E-state index in [-0.39, 0.29) is 35.8 Å². The van der Waals surface area contributed by atoms with E-state index in [1.54, 1.807) is 76.7 Å². The zero-order valence-corrected chi connectivity index (χ0v) is 44.1. The highest BCUT2D eigenvalue weighted by Crippen LogP contribution is 2.29. The number of hydrogen-bond donors (Lipinski definition) is 3. The number of Topliss-reactive ketones (excluding diaryl/α,β-unsaturated/α-hetero) is 2. The monoisotopic (exact) mass is 1050 g/mol. The Balaban J connectivity index is 0.000000162. The minimum Gasteiger partial charge on any atom is -0.472 e. The van der Waals surface area contributed by atoms with Crippen molar-refractivity contribution in [2.24, 2.45) is 0 Å². The summed E-state index contributed by atoms with van der Waals surface area (Å²) in [6.07, 6.45) is 22.9. The van der Waals surface area contributed by atoms with Crippen LogP contribution in [0, 0.1) is 0 Å². The first-order valence-corrected chi connectivity index (χ1v) is 25.9. The van der Waals surface area contributed by atoms with Gasteiger partial charge in [-0.25, -0.2) is 39.5 Å². The van der Waals surface area contributed by atoms with Crippen LogP contribution in [0.15, 0.2) is 120 Å². The number of carbonyl (C=O) groups excluding carboxylic acids is 4. The van der Waals surface area contributed by atoms with Gasteiger partial charge in [0, 0.05) is 87.7 Å². The van der Waals surface area contributed by atoms with Crippen LogP contribution in [0.2, 0.25) is 0 Å². The maximum Gasteiger partial charge on any atom is 0.412 e. The summed E-state index contributed by atoms with van der Waals surface area (Å²) in [5.41, 5.74) is 12.5. The van der Waals surface area contributed by atoms with Crippen LogP contribution in [0.4, 0.5) is 33.6 Å². The third kappa shape index (κ3) is 15.5. The number of hydrogen-bond acceptors (Lipinski definition) is 19. The lowest BCUT2D eigenvalue weighted by Crippen LogP contribution is -2.43. The van der Waals surface area contributed by atoms with Crippen molar-refractivity contribution in [1.29, 1.82) is 0 Å². The molecule has 0 saturated carbocycles. The number of piperidine rings is 2. The first-order valence-electron chi connectivity index (χ1n) is 25.9. The number of methoxy groups -OCH3 is 1. The fourth-order valence-corrected chi connectivity index (χ4v) is 8.87. The third-order valence-electron chi connectivity index (χ3n) is 13.0. The molecule has 20 nitrogen and oxygen atoms in total. The molecular weight excluding hydrogens is 981 g/mol. The maximum absolute atomic E-state index is 13.1. The molecule has 0 radical (unpaired) electrons.